The molecular weight excluding hydrogens is 793 g/mol. The fourth-order valence-electron chi connectivity index (χ4n) is 9.15. The molecule has 0 aromatic heterocycles. The van der Waals surface area contributed by atoms with Gasteiger partial charge in [-0.25, -0.2) is 22.0 Å². The van der Waals surface area contributed by atoms with Crippen LogP contribution in [0, 0.1) is 22.5 Å². The van der Waals surface area contributed by atoms with E-state index < -0.39 is 44.4 Å². The lowest BCUT2D eigenvalue weighted by atomic mass is 9.72. The van der Waals surface area contributed by atoms with E-state index in [1.165, 1.54) is 36.4 Å². The summed E-state index contributed by atoms with van der Waals surface area (Å²) >= 11 is 0. The van der Waals surface area contributed by atoms with Crippen LogP contribution >= 0.6 is 0 Å². The number of carbonyl (C=O) groups is 4. The van der Waals surface area contributed by atoms with E-state index in [1.54, 1.807) is 34.1 Å². The van der Waals surface area contributed by atoms with Gasteiger partial charge in [0.2, 0.25) is 11.8 Å². The van der Waals surface area contributed by atoms with Gasteiger partial charge in [0.05, 0.1) is 23.9 Å². The van der Waals surface area contributed by atoms with E-state index in [2.05, 4.69) is 10.6 Å². The summed E-state index contributed by atoms with van der Waals surface area (Å²) in [6, 6.07) is 17.9. The standard InChI is InChI=1S/C45H47F2N5O7S/c1-44(2)24-30-16-26(10-12-36(30)48-40(44)28-18-32(46)22-34(20-28)50-14-6-8-38(50)53)42(55)52(60(5,57)58)59-43(56)27-11-13-37-31(17-27)25-45(3,4)41(49-37)29-19-33(47)23-35(21-29)51-15-7-9-39(51)54/h10-13,16-23,40-41,48-49H,6-9,14-15,24-25H2,1-5H3. The molecule has 0 bridgehead atoms. The van der Waals surface area contributed by atoms with Crippen molar-refractivity contribution in [3.05, 3.63) is 118 Å². The van der Waals surface area contributed by atoms with Gasteiger partial charge in [-0.2, -0.15) is 0 Å². The van der Waals surface area contributed by atoms with E-state index in [0.29, 0.717) is 91.1 Å². The molecule has 60 heavy (non-hydrogen) atoms. The highest BCUT2D eigenvalue weighted by molar-refractivity contribution is 7.88. The van der Waals surface area contributed by atoms with Gasteiger partial charge in [-0.1, -0.05) is 32.2 Å². The third-order valence-electron chi connectivity index (χ3n) is 12.0. The second-order valence-electron chi connectivity index (χ2n) is 17.7. The normalized spacial score (nSPS) is 20.5. The van der Waals surface area contributed by atoms with Gasteiger partial charge in [-0.15, -0.1) is 0 Å². The van der Waals surface area contributed by atoms with Gasteiger partial charge in [0, 0.05) is 54.2 Å². The van der Waals surface area contributed by atoms with Crippen LogP contribution in [0.4, 0.5) is 31.5 Å². The zero-order valence-corrected chi connectivity index (χ0v) is 34.9. The molecule has 8 rings (SSSR count). The lowest BCUT2D eigenvalue weighted by Crippen LogP contribution is -2.39. The van der Waals surface area contributed by atoms with Crippen molar-refractivity contribution >= 4 is 56.5 Å². The Morgan fingerprint density at radius 1 is 0.700 bits per heavy atom. The first-order valence-corrected chi connectivity index (χ1v) is 21.9. The number of halogens is 2. The van der Waals surface area contributed by atoms with Gasteiger partial charge in [-0.05, 0) is 132 Å². The Bertz CT molecular complexity index is 2580. The summed E-state index contributed by atoms with van der Waals surface area (Å²) in [5, 5.41) is 6.94. The molecule has 0 aliphatic carbocycles. The van der Waals surface area contributed by atoms with Crippen molar-refractivity contribution in [3.8, 4) is 0 Å². The van der Waals surface area contributed by atoms with Crippen molar-refractivity contribution in [2.45, 2.75) is 78.3 Å². The summed E-state index contributed by atoms with van der Waals surface area (Å²) in [7, 11) is -4.42. The van der Waals surface area contributed by atoms with Crippen LogP contribution in [0.5, 0.6) is 0 Å². The maximum atomic E-state index is 15.0. The van der Waals surface area contributed by atoms with Gasteiger partial charge < -0.3 is 25.3 Å². The van der Waals surface area contributed by atoms with Crippen LogP contribution in [0.25, 0.3) is 0 Å². The first kappa shape index (κ1) is 40.9. The molecule has 2 saturated heterocycles. The number of hydroxylamine groups is 1. The summed E-state index contributed by atoms with van der Waals surface area (Å²) in [5.74, 6) is -3.13. The van der Waals surface area contributed by atoms with Crippen molar-refractivity contribution in [1.82, 2.24) is 4.47 Å². The van der Waals surface area contributed by atoms with Crippen LogP contribution in [-0.2, 0) is 37.3 Å². The number of rotatable bonds is 7. The van der Waals surface area contributed by atoms with Gasteiger partial charge in [0.1, 0.15) is 11.6 Å². The molecule has 2 atom stereocenters. The van der Waals surface area contributed by atoms with E-state index in [4.69, 9.17) is 4.84 Å². The Morgan fingerprint density at radius 2 is 1.15 bits per heavy atom. The molecule has 2 fully saturated rings. The minimum Gasteiger partial charge on any atom is -0.377 e. The molecule has 0 saturated carbocycles. The Morgan fingerprint density at radius 3 is 1.58 bits per heavy atom. The van der Waals surface area contributed by atoms with Gasteiger partial charge in [-0.3, -0.25) is 14.4 Å². The van der Waals surface area contributed by atoms with Crippen LogP contribution in [0.3, 0.4) is 0 Å². The first-order chi connectivity index (χ1) is 28.3. The second-order valence-corrected chi connectivity index (χ2v) is 19.5. The first-order valence-electron chi connectivity index (χ1n) is 20.0. The topological polar surface area (TPSA) is 145 Å². The number of nitrogens with zero attached hydrogens (tertiary/aromatic N) is 3. The average Bonchev–Trinajstić information content (AvgIpc) is 3.81. The molecule has 3 amide bonds. The molecule has 4 aromatic carbocycles. The number of anilines is 4. The molecule has 4 heterocycles. The summed E-state index contributed by atoms with van der Waals surface area (Å²) < 4.78 is 56.0. The fourth-order valence-corrected chi connectivity index (χ4v) is 9.76. The molecule has 4 aliphatic heterocycles. The third-order valence-corrected chi connectivity index (χ3v) is 12.9. The molecule has 12 nitrogen and oxygen atoms in total. The number of amides is 3. The van der Waals surface area contributed by atoms with Crippen LogP contribution in [-0.4, -0.2) is 55.9 Å². The number of benzene rings is 4. The average molecular weight is 840 g/mol. The monoisotopic (exact) mass is 839 g/mol. The van der Waals surface area contributed by atoms with E-state index in [-0.39, 0.29) is 39.5 Å². The molecule has 2 N–H and O–H groups in total. The molecule has 0 spiro atoms. The Balaban J connectivity index is 0.999. The summed E-state index contributed by atoms with van der Waals surface area (Å²) in [5.41, 5.74) is 4.09. The highest BCUT2D eigenvalue weighted by Crippen LogP contribution is 2.47. The van der Waals surface area contributed by atoms with Crippen LogP contribution < -0.4 is 20.4 Å². The number of hydrogen-bond donors (Lipinski definition) is 2. The largest absolute Gasteiger partial charge is 0.377 e. The van der Waals surface area contributed by atoms with E-state index >= 15 is 0 Å². The third kappa shape index (κ3) is 7.82. The number of hydrogen-bond acceptors (Lipinski definition) is 9. The number of sulfonamides is 1. The Labute approximate surface area is 347 Å². The molecule has 2 unspecified atom stereocenters. The van der Waals surface area contributed by atoms with Crippen LogP contribution in [0.2, 0.25) is 0 Å². The Hall–Kier alpha value is -5.83. The van der Waals surface area contributed by atoms with Gasteiger partial charge >= 0.3 is 11.9 Å². The maximum Gasteiger partial charge on any atom is 0.364 e. The molecule has 0 radical (unpaired) electrons. The zero-order chi connectivity index (χ0) is 42.9. The maximum absolute atomic E-state index is 15.0. The van der Waals surface area contributed by atoms with Gasteiger partial charge in [0.25, 0.3) is 10.0 Å². The molecule has 314 valence electrons. The zero-order valence-electron chi connectivity index (χ0n) is 34.1. The van der Waals surface area contributed by atoms with Crippen molar-refractivity contribution in [3.63, 3.8) is 0 Å². The minimum absolute atomic E-state index is 0.0175. The van der Waals surface area contributed by atoms with E-state index in [1.807, 2.05) is 39.8 Å². The van der Waals surface area contributed by atoms with E-state index in [0.717, 1.165) is 11.8 Å². The van der Waals surface area contributed by atoms with Crippen molar-refractivity contribution in [2.24, 2.45) is 10.8 Å². The lowest BCUT2D eigenvalue weighted by Gasteiger charge is -2.41. The predicted octanol–water partition coefficient (Wildman–Crippen LogP) is 7.86. The highest BCUT2D eigenvalue weighted by atomic mass is 32.2. The number of fused-ring (bicyclic) bond motifs is 2. The number of carbonyl (C=O) groups excluding carboxylic acids is 4. The van der Waals surface area contributed by atoms with Crippen molar-refractivity contribution in [1.29, 1.82) is 0 Å². The van der Waals surface area contributed by atoms with E-state index in [9.17, 15) is 36.4 Å². The molecule has 4 aliphatic rings. The van der Waals surface area contributed by atoms with Crippen molar-refractivity contribution in [2.75, 3.05) is 39.8 Å². The smallest absolute Gasteiger partial charge is 0.364 e. The number of nitrogens with one attached hydrogen (secondary N) is 2. The van der Waals surface area contributed by atoms with Crippen LogP contribution in [0.1, 0.15) is 108 Å². The highest BCUT2D eigenvalue weighted by Gasteiger charge is 2.40. The minimum atomic E-state index is -4.42. The second kappa shape index (κ2) is 15.0. The fraction of sp³-hybridized carbons (Fsp3) is 0.378. The lowest BCUT2D eigenvalue weighted by molar-refractivity contribution is -0.117. The summed E-state index contributed by atoms with van der Waals surface area (Å²) in [6.45, 7) is 9.03. The SMILES string of the molecule is CC1(C)Cc2cc(C(=O)ON(C(=O)c3ccc4c(c3)CC(C)(C)C(c3cc(F)cc(N5CCCC5=O)c3)N4)S(C)(=O)=O)ccc2NC1c1cc(F)cc(N2CCCC2=O)c1. The van der Waals surface area contributed by atoms with Gasteiger partial charge in [0.15, 0.2) is 0 Å². The molecular formula is C45H47F2N5O7S. The Kier molecular flexibility index (Phi) is 10.2. The predicted molar refractivity (Wildman–Crippen MR) is 223 cm³/mol. The van der Waals surface area contributed by atoms with Crippen molar-refractivity contribution < 1.29 is 41.2 Å². The van der Waals surface area contributed by atoms with Crippen LogP contribution in [0.15, 0.2) is 72.8 Å². The molecule has 15 heteroatoms. The summed E-state index contributed by atoms with van der Waals surface area (Å²) in [6.07, 6.45) is 3.90. The summed E-state index contributed by atoms with van der Waals surface area (Å²) in [4.78, 5) is 60.9. The molecule has 4 aromatic rings. The quantitative estimate of drug-likeness (QED) is 0.178.